The number of thiazole rings is 1. The molecule has 4 rings (SSSR count). The molecule has 0 radical (unpaired) electrons. The fourth-order valence-electron chi connectivity index (χ4n) is 2.69. The maximum atomic E-state index is 10.5. The maximum Gasteiger partial charge on any atom is 0.159 e. The minimum absolute atomic E-state index is 0.0959. The second-order valence-corrected chi connectivity index (χ2v) is 6.30. The Hall–Kier alpha value is -3.25. The molecule has 1 N–H and O–H groups in total. The van der Waals surface area contributed by atoms with Crippen LogP contribution in [-0.4, -0.2) is 27.2 Å². The zero-order chi connectivity index (χ0) is 17.9. The Kier molecular flexibility index (Phi) is 4.33. The number of hydrogen-bond acceptors (Lipinski definition) is 6. The summed E-state index contributed by atoms with van der Waals surface area (Å²) in [6.45, 7) is 0. The molecule has 0 aliphatic heterocycles. The van der Waals surface area contributed by atoms with E-state index in [-0.39, 0.29) is 5.75 Å². The van der Waals surface area contributed by atoms with Gasteiger partial charge in [-0.1, -0.05) is 30.3 Å². The number of rotatable bonds is 4. The van der Waals surface area contributed by atoms with Crippen LogP contribution in [0, 0.1) is 0 Å². The van der Waals surface area contributed by atoms with Crippen LogP contribution in [0.25, 0.3) is 33.9 Å². The Morgan fingerprint density at radius 1 is 1.00 bits per heavy atom. The zero-order valence-electron chi connectivity index (χ0n) is 14.0. The molecule has 0 saturated heterocycles. The summed E-state index contributed by atoms with van der Waals surface area (Å²) < 4.78 is 5.18. The van der Waals surface area contributed by atoms with Crippen molar-refractivity contribution in [3.63, 3.8) is 0 Å². The normalized spacial score (nSPS) is 10.7. The molecule has 2 aromatic heterocycles. The summed E-state index contributed by atoms with van der Waals surface area (Å²) in [7, 11) is 1.56. The standard InChI is InChI=1S/C20H15N3O2S/c1-25-14-7-8-15(18(24)9-14)19-16(17-11-26-12-22-17)10-21-20(23-19)13-5-3-2-4-6-13/h2-12,24H,1H3. The summed E-state index contributed by atoms with van der Waals surface area (Å²) in [5, 5.41) is 12.4. The van der Waals surface area contributed by atoms with E-state index in [4.69, 9.17) is 9.72 Å². The second kappa shape index (κ2) is 6.93. The Bertz CT molecular complexity index is 1030. The van der Waals surface area contributed by atoms with Crippen molar-refractivity contribution < 1.29 is 9.84 Å². The van der Waals surface area contributed by atoms with Crippen LogP contribution in [0.5, 0.6) is 11.5 Å². The third kappa shape index (κ3) is 3.02. The van der Waals surface area contributed by atoms with Crippen LogP contribution < -0.4 is 4.74 Å². The summed E-state index contributed by atoms with van der Waals surface area (Å²) in [5.74, 6) is 1.27. The number of benzene rings is 2. The van der Waals surface area contributed by atoms with Gasteiger partial charge in [0, 0.05) is 34.3 Å². The van der Waals surface area contributed by atoms with Gasteiger partial charge < -0.3 is 9.84 Å². The molecule has 5 nitrogen and oxygen atoms in total. The minimum Gasteiger partial charge on any atom is -0.507 e. The lowest BCUT2D eigenvalue weighted by Gasteiger charge is -2.11. The van der Waals surface area contributed by atoms with Gasteiger partial charge in [0.05, 0.1) is 24.0 Å². The number of hydrogen-bond donors (Lipinski definition) is 1. The quantitative estimate of drug-likeness (QED) is 0.573. The first-order chi connectivity index (χ1) is 12.8. The van der Waals surface area contributed by atoms with E-state index in [0.29, 0.717) is 22.8 Å². The highest BCUT2D eigenvalue weighted by molar-refractivity contribution is 7.07. The van der Waals surface area contributed by atoms with Crippen LogP contribution in [0.2, 0.25) is 0 Å². The Labute approximate surface area is 154 Å². The molecule has 0 aliphatic carbocycles. The van der Waals surface area contributed by atoms with Crippen molar-refractivity contribution in [2.45, 2.75) is 0 Å². The average Bonchev–Trinajstić information content (AvgIpc) is 3.23. The van der Waals surface area contributed by atoms with Crippen molar-refractivity contribution in [1.82, 2.24) is 15.0 Å². The number of methoxy groups -OCH3 is 1. The van der Waals surface area contributed by atoms with E-state index in [0.717, 1.165) is 16.8 Å². The monoisotopic (exact) mass is 361 g/mol. The van der Waals surface area contributed by atoms with Crippen molar-refractivity contribution in [3.05, 3.63) is 65.6 Å². The van der Waals surface area contributed by atoms with Gasteiger partial charge in [-0.25, -0.2) is 15.0 Å². The topological polar surface area (TPSA) is 68.1 Å². The molecule has 0 amide bonds. The summed E-state index contributed by atoms with van der Waals surface area (Å²) in [6, 6.07) is 14.9. The Balaban J connectivity index is 1.92. The zero-order valence-corrected chi connectivity index (χ0v) is 14.8. The van der Waals surface area contributed by atoms with Gasteiger partial charge in [0.1, 0.15) is 11.5 Å². The molecule has 4 aromatic rings. The highest BCUT2D eigenvalue weighted by atomic mass is 32.1. The average molecular weight is 361 g/mol. The third-order valence-corrected chi connectivity index (χ3v) is 4.58. The highest BCUT2D eigenvalue weighted by Gasteiger charge is 2.17. The van der Waals surface area contributed by atoms with Crippen LogP contribution in [0.1, 0.15) is 0 Å². The Morgan fingerprint density at radius 3 is 2.54 bits per heavy atom. The predicted molar refractivity (Wildman–Crippen MR) is 102 cm³/mol. The molecule has 0 aliphatic rings. The molecule has 2 heterocycles. The van der Waals surface area contributed by atoms with Gasteiger partial charge in [-0.15, -0.1) is 11.3 Å². The van der Waals surface area contributed by atoms with Gasteiger partial charge in [0.2, 0.25) is 0 Å². The fraction of sp³-hybridized carbons (Fsp3) is 0.0500. The van der Waals surface area contributed by atoms with Crippen molar-refractivity contribution in [2.24, 2.45) is 0 Å². The summed E-state index contributed by atoms with van der Waals surface area (Å²) in [4.78, 5) is 13.6. The lowest BCUT2D eigenvalue weighted by molar-refractivity contribution is 0.408. The number of nitrogens with zero attached hydrogens (tertiary/aromatic N) is 3. The second-order valence-electron chi connectivity index (χ2n) is 5.58. The van der Waals surface area contributed by atoms with Gasteiger partial charge >= 0.3 is 0 Å². The first-order valence-electron chi connectivity index (χ1n) is 7.94. The highest BCUT2D eigenvalue weighted by Crippen LogP contribution is 2.37. The molecular weight excluding hydrogens is 346 g/mol. The molecule has 0 unspecified atom stereocenters. The molecule has 0 bridgehead atoms. The van der Waals surface area contributed by atoms with Crippen LogP contribution >= 0.6 is 11.3 Å². The first kappa shape index (κ1) is 16.2. The van der Waals surface area contributed by atoms with Crippen LogP contribution in [0.15, 0.2) is 65.6 Å². The largest absolute Gasteiger partial charge is 0.507 e. The summed E-state index contributed by atoms with van der Waals surface area (Å²) in [5.41, 5.74) is 5.45. The van der Waals surface area contributed by atoms with Gasteiger partial charge in [-0.3, -0.25) is 0 Å². The lowest BCUT2D eigenvalue weighted by Crippen LogP contribution is -1.96. The molecule has 2 aromatic carbocycles. The molecule has 0 spiro atoms. The van der Waals surface area contributed by atoms with Crippen LogP contribution in [0.3, 0.4) is 0 Å². The first-order valence-corrected chi connectivity index (χ1v) is 8.89. The molecule has 26 heavy (non-hydrogen) atoms. The number of aromatic nitrogens is 3. The van der Waals surface area contributed by atoms with E-state index in [1.54, 1.807) is 37.0 Å². The number of phenols is 1. The number of ether oxygens (including phenoxy) is 1. The molecule has 0 saturated carbocycles. The van der Waals surface area contributed by atoms with Gasteiger partial charge in [0.25, 0.3) is 0 Å². The number of aromatic hydroxyl groups is 1. The van der Waals surface area contributed by atoms with E-state index in [2.05, 4.69) is 9.97 Å². The Morgan fingerprint density at radius 2 is 1.85 bits per heavy atom. The fourth-order valence-corrected chi connectivity index (χ4v) is 3.24. The van der Waals surface area contributed by atoms with Crippen molar-refractivity contribution in [1.29, 1.82) is 0 Å². The van der Waals surface area contributed by atoms with E-state index in [1.165, 1.54) is 11.3 Å². The third-order valence-electron chi connectivity index (χ3n) is 3.99. The van der Waals surface area contributed by atoms with Gasteiger partial charge in [-0.05, 0) is 12.1 Å². The van der Waals surface area contributed by atoms with E-state index < -0.39 is 0 Å². The van der Waals surface area contributed by atoms with E-state index >= 15 is 0 Å². The van der Waals surface area contributed by atoms with E-state index in [9.17, 15) is 5.11 Å². The molecule has 0 atom stereocenters. The van der Waals surface area contributed by atoms with E-state index in [1.807, 2.05) is 35.7 Å². The minimum atomic E-state index is 0.0959. The molecule has 0 fully saturated rings. The van der Waals surface area contributed by atoms with Crippen LogP contribution in [0.4, 0.5) is 0 Å². The molecule has 128 valence electrons. The predicted octanol–water partition coefficient (Wildman–Crippen LogP) is 4.65. The van der Waals surface area contributed by atoms with Gasteiger partial charge in [0.15, 0.2) is 5.82 Å². The number of phenolic OH excluding ortho intramolecular Hbond substituents is 1. The SMILES string of the molecule is COc1ccc(-c2nc(-c3ccccc3)ncc2-c2cscn2)c(O)c1. The van der Waals surface area contributed by atoms with Crippen LogP contribution in [-0.2, 0) is 0 Å². The van der Waals surface area contributed by atoms with Crippen molar-refractivity contribution >= 4 is 11.3 Å². The summed E-state index contributed by atoms with van der Waals surface area (Å²) in [6.07, 6.45) is 1.75. The molecule has 6 heteroatoms. The van der Waals surface area contributed by atoms with Crippen molar-refractivity contribution in [2.75, 3.05) is 7.11 Å². The smallest absolute Gasteiger partial charge is 0.159 e. The van der Waals surface area contributed by atoms with Crippen molar-refractivity contribution in [3.8, 4) is 45.4 Å². The summed E-state index contributed by atoms with van der Waals surface area (Å²) >= 11 is 1.50. The van der Waals surface area contributed by atoms with Gasteiger partial charge in [-0.2, -0.15) is 0 Å². The lowest BCUT2D eigenvalue weighted by atomic mass is 10.0. The maximum absolute atomic E-state index is 10.5. The molecular formula is C20H15N3O2S.